The molecule has 0 amide bonds. The fraction of sp³-hybridized carbons (Fsp3) is 0.143. The van der Waals surface area contributed by atoms with E-state index < -0.39 is 0 Å². The van der Waals surface area contributed by atoms with Gasteiger partial charge in [0.2, 0.25) is 0 Å². The van der Waals surface area contributed by atoms with Gasteiger partial charge in [-0.05, 0) is 17.7 Å². The molecule has 1 aromatic heterocycles. The summed E-state index contributed by atoms with van der Waals surface area (Å²) in [7, 11) is 0. The Morgan fingerprint density at radius 1 is 1.33 bits per heavy atom. The van der Waals surface area contributed by atoms with Gasteiger partial charge >= 0.3 is 0 Å². The van der Waals surface area contributed by atoms with E-state index in [0.29, 0.717) is 6.42 Å². The fourth-order valence-electron chi connectivity index (χ4n) is 0.721. The number of aromatic nitrogens is 1. The minimum atomic E-state index is 0. The largest absolute Gasteiger partial charge is 0.387 e. The van der Waals surface area contributed by atoms with Gasteiger partial charge < -0.3 is 5.73 Å². The van der Waals surface area contributed by atoms with Crippen molar-refractivity contribution >= 4 is 30.6 Å². The number of rotatable bonds is 2. The van der Waals surface area contributed by atoms with Crippen molar-refractivity contribution in [3.05, 3.63) is 30.1 Å². The first-order valence-electron chi connectivity index (χ1n) is 3.01. The maximum Gasteiger partial charge on any atom is 0.0950 e. The Morgan fingerprint density at radius 2 is 1.83 bits per heavy atom. The summed E-state index contributed by atoms with van der Waals surface area (Å²) >= 11 is 0. The molecule has 0 saturated heterocycles. The molecule has 0 aliphatic rings. The van der Waals surface area contributed by atoms with Crippen LogP contribution in [0.15, 0.2) is 24.5 Å². The molecule has 0 bridgehead atoms. The van der Waals surface area contributed by atoms with E-state index in [-0.39, 0.29) is 30.6 Å². The predicted octanol–water partition coefficient (Wildman–Crippen LogP) is 1.40. The van der Waals surface area contributed by atoms with Crippen LogP contribution in [0, 0.1) is 5.41 Å². The predicted molar refractivity (Wildman–Crippen MR) is 54.4 cm³/mol. The van der Waals surface area contributed by atoms with Crippen LogP contribution in [0.4, 0.5) is 0 Å². The van der Waals surface area contributed by atoms with Crippen molar-refractivity contribution in [3.63, 3.8) is 0 Å². The standard InChI is InChI=1S/C7H9N3.2ClH/c8-7(9)5-6-1-3-10-4-2-6;;/h1-4H,5H2,(H3,8,9);2*1H. The maximum absolute atomic E-state index is 6.99. The number of pyridine rings is 1. The molecule has 0 atom stereocenters. The SMILES string of the molecule is Cl.Cl.N=C(N)Cc1ccncc1. The van der Waals surface area contributed by atoms with Crippen LogP contribution in [0.1, 0.15) is 5.56 Å². The Bertz CT molecular complexity index is 225. The third-order valence-electron chi connectivity index (χ3n) is 1.14. The van der Waals surface area contributed by atoms with Crippen molar-refractivity contribution in [3.8, 4) is 0 Å². The fourth-order valence-corrected chi connectivity index (χ4v) is 0.721. The van der Waals surface area contributed by atoms with Gasteiger partial charge in [-0.2, -0.15) is 0 Å². The van der Waals surface area contributed by atoms with Crippen molar-refractivity contribution in [2.75, 3.05) is 0 Å². The molecular formula is C7H11Cl2N3. The molecule has 5 heteroatoms. The first kappa shape index (κ1) is 13.8. The minimum absolute atomic E-state index is 0. The molecule has 1 heterocycles. The van der Waals surface area contributed by atoms with E-state index in [4.69, 9.17) is 11.1 Å². The Hall–Kier alpha value is -0.800. The molecule has 0 spiro atoms. The Labute approximate surface area is 83.7 Å². The average Bonchev–Trinajstić information content (AvgIpc) is 1.88. The van der Waals surface area contributed by atoms with Gasteiger partial charge in [-0.3, -0.25) is 10.4 Å². The van der Waals surface area contributed by atoms with Gasteiger partial charge in [-0.15, -0.1) is 24.8 Å². The Morgan fingerprint density at radius 3 is 2.25 bits per heavy atom. The summed E-state index contributed by atoms with van der Waals surface area (Å²) in [6.07, 6.45) is 3.90. The lowest BCUT2D eigenvalue weighted by molar-refractivity contribution is 1.21. The van der Waals surface area contributed by atoms with Crippen molar-refractivity contribution in [1.29, 1.82) is 5.41 Å². The van der Waals surface area contributed by atoms with Crippen LogP contribution in [0.25, 0.3) is 0 Å². The number of amidine groups is 1. The summed E-state index contributed by atoms with van der Waals surface area (Å²) in [5.41, 5.74) is 6.22. The van der Waals surface area contributed by atoms with Gasteiger partial charge in [-0.25, -0.2) is 0 Å². The van der Waals surface area contributed by atoms with E-state index in [2.05, 4.69) is 4.98 Å². The number of hydrogen-bond acceptors (Lipinski definition) is 2. The van der Waals surface area contributed by atoms with E-state index in [0.717, 1.165) is 5.56 Å². The molecule has 3 nitrogen and oxygen atoms in total. The quantitative estimate of drug-likeness (QED) is 0.570. The van der Waals surface area contributed by atoms with Gasteiger partial charge in [0.15, 0.2) is 0 Å². The molecule has 1 rings (SSSR count). The number of hydrogen-bond donors (Lipinski definition) is 2. The second-order valence-corrected chi connectivity index (χ2v) is 2.06. The van der Waals surface area contributed by atoms with Crippen LogP contribution in [0.3, 0.4) is 0 Å². The Kier molecular flexibility index (Phi) is 7.90. The van der Waals surface area contributed by atoms with Crippen LogP contribution in [0.5, 0.6) is 0 Å². The van der Waals surface area contributed by atoms with E-state index in [9.17, 15) is 0 Å². The summed E-state index contributed by atoms with van der Waals surface area (Å²) in [5.74, 6) is 0.186. The number of nitrogens with zero attached hydrogens (tertiary/aromatic N) is 1. The first-order chi connectivity index (χ1) is 4.79. The van der Waals surface area contributed by atoms with E-state index in [1.54, 1.807) is 12.4 Å². The molecule has 0 aliphatic carbocycles. The summed E-state index contributed by atoms with van der Waals surface area (Å²) in [5, 5.41) is 6.99. The number of nitrogens with two attached hydrogens (primary N) is 1. The molecular weight excluding hydrogens is 197 g/mol. The molecule has 0 aromatic carbocycles. The Balaban J connectivity index is 0. The van der Waals surface area contributed by atoms with Gasteiger partial charge in [0.1, 0.15) is 0 Å². The van der Waals surface area contributed by atoms with Crippen molar-refractivity contribution in [1.82, 2.24) is 4.98 Å². The van der Waals surface area contributed by atoms with Crippen molar-refractivity contribution < 1.29 is 0 Å². The van der Waals surface area contributed by atoms with Crippen molar-refractivity contribution in [2.45, 2.75) is 6.42 Å². The van der Waals surface area contributed by atoms with Crippen LogP contribution in [0.2, 0.25) is 0 Å². The smallest absolute Gasteiger partial charge is 0.0950 e. The number of halogens is 2. The maximum atomic E-state index is 6.99. The molecule has 12 heavy (non-hydrogen) atoms. The summed E-state index contributed by atoms with van der Waals surface area (Å²) in [6.45, 7) is 0. The third kappa shape index (κ3) is 4.93. The van der Waals surface area contributed by atoms with E-state index >= 15 is 0 Å². The van der Waals surface area contributed by atoms with Crippen LogP contribution >= 0.6 is 24.8 Å². The van der Waals surface area contributed by atoms with Gasteiger partial charge in [-0.1, -0.05) is 0 Å². The average molecular weight is 208 g/mol. The van der Waals surface area contributed by atoms with E-state index in [1.165, 1.54) is 0 Å². The normalized spacial score (nSPS) is 7.67. The highest BCUT2D eigenvalue weighted by Gasteiger charge is 1.91. The lowest BCUT2D eigenvalue weighted by Crippen LogP contribution is -2.12. The molecule has 0 fully saturated rings. The van der Waals surface area contributed by atoms with Crippen LogP contribution in [-0.2, 0) is 6.42 Å². The van der Waals surface area contributed by atoms with Gasteiger partial charge in [0.25, 0.3) is 0 Å². The second-order valence-electron chi connectivity index (χ2n) is 2.06. The molecule has 68 valence electrons. The highest BCUT2D eigenvalue weighted by atomic mass is 35.5. The van der Waals surface area contributed by atoms with Crippen LogP contribution < -0.4 is 5.73 Å². The molecule has 0 radical (unpaired) electrons. The lowest BCUT2D eigenvalue weighted by Gasteiger charge is -1.95. The van der Waals surface area contributed by atoms with E-state index in [1.807, 2.05) is 12.1 Å². The minimum Gasteiger partial charge on any atom is -0.387 e. The van der Waals surface area contributed by atoms with Crippen LogP contribution in [-0.4, -0.2) is 10.8 Å². The highest BCUT2D eigenvalue weighted by molar-refractivity contribution is 5.85. The third-order valence-corrected chi connectivity index (χ3v) is 1.14. The summed E-state index contributed by atoms with van der Waals surface area (Å²) < 4.78 is 0. The van der Waals surface area contributed by atoms with Crippen molar-refractivity contribution in [2.24, 2.45) is 5.73 Å². The zero-order valence-electron chi connectivity index (χ0n) is 6.36. The highest BCUT2D eigenvalue weighted by Crippen LogP contribution is 1.95. The zero-order chi connectivity index (χ0) is 7.40. The van der Waals surface area contributed by atoms with Gasteiger partial charge in [0, 0.05) is 18.8 Å². The molecule has 0 aliphatic heterocycles. The second kappa shape index (κ2) is 6.88. The monoisotopic (exact) mass is 207 g/mol. The number of nitrogens with one attached hydrogen (secondary N) is 1. The lowest BCUT2D eigenvalue weighted by atomic mass is 10.2. The molecule has 0 unspecified atom stereocenters. The summed E-state index contributed by atoms with van der Waals surface area (Å²) in [4.78, 5) is 3.84. The molecule has 0 saturated carbocycles. The summed E-state index contributed by atoms with van der Waals surface area (Å²) in [6, 6.07) is 3.70. The first-order valence-corrected chi connectivity index (χ1v) is 3.01. The molecule has 3 N–H and O–H groups in total. The topological polar surface area (TPSA) is 62.8 Å². The molecule has 1 aromatic rings. The zero-order valence-corrected chi connectivity index (χ0v) is 7.99. The van der Waals surface area contributed by atoms with Gasteiger partial charge in [0.05, 0.1) is 5.84 Å².